The van der Waals surface area contributed by atoms with Crippen molar-refractivity contribution in [3.8, 4) is 0 Å². The highest BCUT2D eigenvalue weighted by atomic mass is 32.2. The van der Waals surface area contributed by atoms with Crippen LogP contribution in [0.25, 0.3) is 0 Å². The maximum Gasteiger partial charge on any atom is 0.261 e. The number of anilines is 1. The smallest absolute Gasteiger partial charge is 0.261 e. The van der Waals surface area contributed by atoms with E-state index in [-0.39, 0.29) is 16.3 Å². The van der Waals surface area contributed by atoms with Crippen LogP contribution in [0.1, 0.15) is 37.6 Å². The van der Waals surface area contributed by atoms with E-state index in [4.69, 9.17) is 0 Å². The summed E-state index contributed by atoms with van der Waals surface area (Å²) in [5.74, 6) is -0.234. The van der Waals surface area contributed by atoms with Gasteiger partial charge in [0.25, 0.3) is 15.9 Å². The number of hydrogen-bond acceptors (Lipinski definition) is 3. The van der Waals surface area contributed by atoms with Gasteiger partial charge in [-0.3, -0.25) is 9.52 Å². The van der Waals surface area contributed by atoms with Crippen molar-refractivity contribution in [2.24, 2.45) is 0 Å². The van der Waals surface area contributed by atoms with Crippen molar-refractivity contribution < 1.29 is 13.2 Å². The van der Waals surface area contributed by atoms with Crippen LogP contribution in [0.15, 0.2) is 59.5 Å². The molecule has 5 nitrogen and oxygen atoms in total. The Labute approximate surface area is 143 Å². The lowest BCUT2D eigenvalue weighted by molar-refractivity contribution is 0.0911. The minimum atomic E-state index is -3.68. The molecule has 0 heterocycles. The molecule has 0 saturated heterocycles. The van der Waals surface area contributed by atoms with Crippen LogP contribution < -0.4 is 10.0 Å². The predicted molar refractivity (Wildman–Crippen MR) is 95.5 cm³/mol. The number of rotatable bonds is 6. The maximum absolute atomic E-state index is 12.3. The highest BCUT2D eigenvalue weighted by Gasteiger charge is 2.19. The van der Waals surface area contributed by atoms with E-state index in [1.54, 1.807) is 36.4 Å². The van der Waals surface area contributed by atoms with Crippen LogP contribution in [-0.2, 0) is 10.0 Å². The van der Waals surface area contributed by atoms with Crippen molar-refractivity contribution in [1.82, 2.24) is 5.32 Å². The molecule has 2 N–H and O–H groups in total. The molecule has 0 spiro atoms. The molecule has 128 valence electrons. The second kappa shape index (κ2) is 7.05. The molecule has 0 aliphatic carbocycles. The van der Waals surface area contributed by atoms with Crippen LogP contribution in [0.3, 0.4) is 0 Å². The minimum absolute atomic E-state index is 0.173. The Kier molecular flexibility index (Phi) is 5.29. The third-order valence-electron chi connectivity index (χ3n) is 3.77. The fourth-order valence-corrected chi connectivity index (χ4v) is 3.08. The topological polar surface area (TPSA) is 75.3 Å². The van der Waals surface area contributed by atoms with E-state index in [9.17, 15) is 13.2 Å². The first-order chi connectivity index (χ1) is 11.2. The summed E-state index contributed by atoms with van der Waals surface area (Å²) in [4.78, 5) is 12.5. The minimum Gasteiger partial charge on any atom is -0.347 e. The molecule has 24 heavy (non-hydrogen) atoms. The monoisotopic (exact) mass is 346 g/mol. The van der Waals surface area contributed by atoms with Crippen molar-refractivity contribution in [2.75, 3.05) is 4.72 Å². The summed E-state index contributed by atoms with van der Waals surface area (Å²) in [6, 6.07) is 14.5. The van der Waals surface area contributed by atoms with Crippen LogP contribution in [0.2, 0.25) is 0 Å². The van der Waals surface area contributed by atoms with E-state index in [1.165, 1.54) is 18.2 Å². The summed E-state index contributed by atoms with van der Waals surface area (Å²) in [6.07, 6.45) is 0.791. The van der Waals surface area contributed by atoms with E-state index >= 15 is 0 Å². The number of amides is 1. The number of sulfonamides is 1. The highest BCUT2D eigenvalue weighted by Crippen LogP contribution is 2.18. The fourth-order valence-electron chi connectivity index (χ4n) is 2.01. The van der Waals surface area contributed by atoms with E-state index in [2.05, 4.69) is 10.0 Å². The molecule has 0 bridgehead atoms. The lowest BCUT2D eigenvalue weighted by Gasteiger charge is -2.24. The second-order valence-electron chi connectivity index (χ2n) is 6.19. The van der Waals surface area contributed by atoms with Crippen molar-refractivity contribution in [1.29, 1.82) is 0 Å². The Hall–Kier alpha value is -2.34. The molecule has 0 unspecified atom stereocenters. The third-order valence-corrected chi connectivity index (χ3v) is 5.16. The van der Waals surface area contributed by atoms with Crippen LogP contribution in [0.5, 0.6) is 0 Å². The van der Waals surface area contributed by atoms with Gasteiger partial charge in [-0.05, 0) is 50.6 Å². The molecule has 2 rings (SSSR count). The molecule has 0 saturated carbocycles. The first-order valence-electron chi connectivity index (χ1n) is 7.74. The van der Waals surface area contributed by atoms with Crippen molar-refractivity contribution in [3.63, 3.8) is 0 Å². The Morgan fingerprint density at radius 3 is 2.33 bits per heavy atom. The van der Waals surface area contributed by atoms with Crippen LogP contribution >= 0.6 is 0 Å². The highest BCUT2D eigenvalue weighted by molar-refractivity contribution is 7.92. The van der Waals surface area contributed by atoms with Gasteiger partial charge in [-0.15, -0.1) is 0 Å². The predicted octanol–water partition coefficient (Wildman–Crippen LogP) is 3.41. The molecule has 0 radical (unpaired) electrons. The molecule has 1 amide bonds. The van der Waals surface area contributed by atoms with Gasteiger partial charge in [0.2, 0.25) is 0 Å². The van der Waals surface area contributed by atoms with E-state index in [0.717, 1.165) is 6.42 Å². The molecular formula is C18H22N2O3S. The van der Waals surface area contributed by atoms with Gasteiger partial charge in [0.15, 0.2) is 0 Å². The summed E-state index contributed by atoms with van der Waals surface area (Å²) in [6.45, 7) is 5.87. The number of carbonyl (C=O) groups is 1. The third kappa shape index (κ3) is 4.58. The zero-order valence-corrected chi connectivity index (χ0v) is 14.9. The van der Waals surface area contributed by atoms with E-state index < -0.39 is 10.0 Å². The average molecular weight is 346 g/mol. The summed E-state index contributed by atoms with van der Waals surface area (Å²) in [5, 5.41) is 2.93. The van der Waals surface area contributed by atoms with Gasteiger partial charge in [0, 0.05) is 16.8 Å². The Morgan fingerprint density at radius 2 is 1.71 bits per heavy atom. The Balaban J connectivity index is 2.21. The second-order valence-corrected chi connectivity index (χ2v) is 7.87. The first kappa shape index (κ1) is 18.0. The van der Waals surface area contributed by atoms with Crippen LogP contribution in [0, 0.1) is 0 Å². The fraction of sp³-hybridized carbons (Fsp3) is 0.278. The van der Waals surface area contributed by atoms with Crippen molar-refractivity contribution in [2.45, 2.75) is 37.6 Å². The lowest BCUT2D eigenvalue weighted by Crippen LogP contribution is -2.42. The molecule has 6 heteroatoms. The first-order valence-corrected chi connectivity index (χ1v) is 9.22. The number of carbonyl (C=O) groups excluding carboxylic acids is 1. The number of nitrogens with one attached hydrogen (secondary N) is 2. The molecule has 2 aromatic rings. The Bertz CT molecular complexity index is 815. The maximum atomic E-state index is 12.3. The number of hydrogen-bond donors (Lipinski definition) is 2. The Morgan fingerprint density at radius 1 is 1.04 bits per heavy atom. The molecular weight excluding hydrogens is 324 g/mol. The molecule has 0 atom stereocenters. The van der Waals surface area contributed by atoms with Gasteiger partial charge in [-0.1, -0.05) is 31.2 Å². The van der Waals surface area contributed by atoms with E-state index in [0.29, 0.717) is 11.3 Å². The van der Waals surface area contributed by atoms with Crippen molar-refractivity contribution >= 4 is 21.6 Å². The normalized spacial score (nSPS) is 11.8. The van der Waals surface area contributed by atoms with E-state index in [1.807, 2.05) is 20.8 Å². The molecule has 0 aliphatic heterocycles. The summed E-state index contributed by atoms with van der Waals surface area (Å²) in [7, 11) is -3.68. The largest absolute Gasteiger partial charge is 0.347 e. The standard InChI is InChI=1S/C18H22N2O3S/c1-4-18(2,3)19-17(21)14-9-8-10-15(13-14)20-24(22,23)16-11-6-5-7-12-16/h5-13,20H,4H2,1-3H3,(H,19,21). The average Bonchev–Trinajstić information content (AvgIpc) is 2.55. The quantitative estimate of drug-likeness (QED) is 0.842. The number of benzene rings is 2. The molecule has 0 aliphatic rings. The summed E-state index contributed by atoms with van der Waals surface area (Å²) >= 11 is 0. The van der Waals surface area contributed by atoms with Gasteiger partial charge in [0.05, 0.1) is 4.90 Å². The molecule has 2 aromatic carbocycles. The van der Waals surface area contributed by atoms with Crippen LogP contribution in [0.4, 0.5) is 5.69 Å². The van der Waals surface area contributed by atoms with Gasteiger partial charge in [-0.25, -0.2) is 8.42 Å². The lowest BCUT2D eigenvalue weighted by atomic mass is 10.0. The molecule has 0 fully saturated rings. The summed E-state index contributed by atoms with van der Waals surface area (Å²) in [5.41, 5.74) is 0.432. The SMILES string of the molecule is CCC(C)(C)NC(=O)c1cccc(NS(=O)(=O)c2ccccc2)c1. The van der Waals surface area contributed by atoms with Crippen LogP contribution in [-0.4, -0.2) is 19.9 Å². The zero-order valence-electron chi connectivity index (χ0n) is 14.0. The van der Waals surface area contributed by atoms with Gasteiger partial charge in [-0.2, -0.15) is 0 Å². The van der Waals surface area contributed by atoms with Gasteiger partial charge >= 0.3 is 0 Å². The summed E-state index contributed by atoms with van der Waals surface area (Å²) < 4.78 is 27.2. The zero-order chi connectivity index (χ0) is 17.8. The molecule has 0 aromatic heterocycles. The van der Waals surface area contributed by atoms with Gasteiger partial charge < -0.3 is 5.32 Å². The van der Waals surface area contributed by atoms with Crippen molar-refractivity contribution in [3.05, 3.63) is 60.2 Å². The van der Waals surface area contributed by atoms with Gasteiger partial charge in [0.1, 0.15) is 0 Å².